The molecule has 0 atom stereocenters. The molecule has 0 aliphatic carbocycles. The van der Waals surface area contributed by atoms with Gasteiger partial charge in [-0.1, -0.05) is 41.4 Å². The van der Waals surface area contributed by atoms with Crippen LogP contribution < -0.4 is 0 Å². The Hall–Kier alpha value is -1.66. The van der Waals surface area contributed by atoms with E-state index in [0.29, 0.717) is 28.7 Å². The molecule has 3 aromatic rings. The maximum Gasteiger partial charge on any atom is 0.255 e. The van der Waals surface area contributed by atoms with Crippen molar-refractivity contribution >= 4 is 50.7 Å². The third kappa shape index (κ3) is 3.58. The number of aromatic nitrogens is 1. The third-order valence-corrected chi connectivity index (χ3v) is 6.38. The largest absolute Gasteiger partial charge is 0.336 e. The smallest absolute Gasteiger partial charge is 0.255 e. The Kier molecular flexibility index (Phi) is 5.14. The topological polar surface area (TPSA) is 36.4 Å². The van der Waals surface area contributed by atoms with Gasteiger partial charge in [0.1, 0.15) is 5.01 Å². The Bertz CT molecular complexity index is 918. The van der Waals surface area contributed by atoms with E-state index in [9.17, 15) is 4.79 Å². The van der Waals surface area contributed by atoms with E-state index in [4.69, 9.17) is 28.2 Å². The number of carbonyl (C=O) groups excluding carboxylic acids is 1. The van der Waals surface area contributed by atoms with Crippen LogP contribution in [-0.4, -0.2) is 46.9 Å². The Morgan fingerprint density at radius 2 is 1.81 bits per heavy atom. The molecule has 1 amide bonds. The first-order valence-corrected chi connectivity index (χ1v) is 9.99. The first-order valence-electron chi connectivity index (χ1n) is 8.42. The molecule has 26 heavy (non-hydrogen) atoms. The second-order valence-corrected chi connectivity index (χ2v) is 8.15. The molecule has 2 heterocycles. The third-order valence-electron chi connectivity index (χ3n) is 4.54. The minimum Gasteiger partial charge on any atom is -0.336 e. The van der Waals surface area contributed by atoms with Crippen molar-refractivity contribution in [2.75, 3.05) is 26.2 Å². The van der Waals surface area contributed by atoms with Gasteiger partial charge in [0.25, 0.3) is 5.91 Å². The number of amides is 1. The number of hydrogen-bond donors (Lipinski definition) is 0. The van der Waals surface area contributed by atoms with Crippen LogP contribution in [0.5, 0.6) is 0 Å². The quantitative estimate of drug-likeness (QED) is 0.640. The molecule has 0 bridgehead atoms. The number of piperazine rings is 1. The molecule has 0 saturated carbocycles. The van der Waals surface area contributed by atoms with E-state index in [1.807, 2.05) is 23.1 Å². The highest BCUT2D eigenvalue weighted by atomic mass is 35.5. The summed E-state index contributed by atoms with van der Waals surface area (Å²) in [6.45, 7) is 3.80. The maximum absolute atomic E-state index is 12.7. The lowest BCUT2D eigenvalue weighted by Crippen LogP contribution is -2.48. The number of para-hydroxylation sites is 1. The molecule has 134 valence electrons. The van der Waals surface area contributed by atoms with Gasteiger partial charge in [-0.05, 0) is 24.3 Å². The van der Waals surface area contributed by atoms with Crippen LogP contribution in [-0.2, 0) is 6.54 Å². The van der Waals surface area contributed by atoms with Gasteiger partial charge in [0.2, 0.25) is 0 Å². The molecule has 1 aliphatic rings. The van der Waals surface area contributed by atoms with Crippen molar-refractivity contribution in [2.45, 2.75) is 6.54 Å². The number of thiazole rings is 1. The van der Waals surface area contributed by atoms with Gasteiger partial charge < -0.3 is 4.90 Å². The number of benzene rings is 2. The van der Waals surface area contributed by atoms with Gasteiger partial charge in [-0.25, -0.2) is 4.98 Å². The average Bonchev–Trinajstić information content (AvgIpc) is 3.06. The lowest BCUT2D eigenvalue weighted by Gasteiger charge is -2.34. The van der Waals surface area contributed by atoms with Crippen LogP contribution in [0.2, 0.25) is 10.0 Å². The van der Waals surface area contributed by atoms with Crippen molar-refractivity contribution in [3.63, 3.8) is 0 Å². The average molecular weight is 406 g/mol. The summed E-state index contributed by atoms with van der Waals surface area (Å²) in [7, 11) is 0. The molecule has 1 aliphatic heterocycles. The first-order chi connectivity index (χ1) is 12.6. The van der Waals surface area contributed by atoms with Crippen LogP contribution in [0.25, 0.3) is 10.2 Å². The van der Waals surface area contributed by atoms with E-state index >= 15 is 0 Å². The zero-order valence-corrected chi connectivity index (χ0v) is 16.3. The summed E-state index contributed by atoms with van der Waals surface area (Å²) in [4.78, 5) is 21.6. The first kappa shape index (κ1) is 17.7. The summed E-state index contributed by atoms with van der Waals surface area (Å²) in [5, 5.41) is 1.85. The molecule has 1 aromatic heterocycles. The van der Waals surface area contributed by atoms with Gasteiger partial charge in [0, 0.05) is 26.2 Å². The molecule has 0 radical (unpaired) electrons. The van der Waals surface area contributed by atoms with Gasteiger partial charge in [-0.15, -0.1) is 11.3 Å². The summed E-state index contributed by atoms with van der Waals surface area (Å²) in [5.74, 6) is -0.0582. The SMILES string of the molecule is O=C(c1cccc(Cl)c1Cl)N1CCN(Cc2nc3ccccc3s2)CC1. The van der Waals surface area contributed by atoms with Crippen molar-refractivity contribution in [1.82, 2.24) is 14.8 Å². The molecule has 2 aromatic carbocycles. The highest BCUT2D eigenvalue weighted by Gasteiger charge is 2.24. The highest BCUT2D eigenvalue weighted by Crippen LogP contribution is 2.27. The standard InChI is InChI=1S/C19H17Cl2N3OS/c20-14-5-3-4-13(18(14)21)19(25)24-10-8-23(9-11-24)12-17-22-15-6-1-2-7-16(15)26-17/h1-7H,8-12H2. The molecule has 7 heteroatoms. The fourth-order valence-electron chi connectivity index (χ4n) is 3.13. The zero-order chi connectivity index (χ0) is 18.1. The zero-order valence-electron chi connectivity index (χ0n) is 14.0. The lowest BCUT2D eigenvalue weighted by atomic mass is 10.2. The number of rotatable bonds is 3. The van der Waals surface area contributed by atoms with Gasteiger partial charge in [0.15, 0.2) is 0 Å². The van der Waals surface area contributed by atoms with Crippen LogP contribution in [0.3, 0.4) is 0 Å². The van der Waals surface area contributed by atoms with E-state index in [1.54, 1.807) is 29.5 Å². The van der Waals surface area contributed by atoms with Crippen LogP contribution in [0.15, 0.2) is 42.5 Å². The van der Waals surface area contributed by atoms with E-state index in [-0.39, 0.29) is 5.91 Å². The molecule has 0 N–H and O–H groups in total. The Balaban J connectivity index is 1.39. The van der Waals surface area contributed by atoms with Gasteiger partial charge in [-0.3, -0.25) is 9.69 Å². The second-order valence-electron chi connectivity index (χ2n) is 6.25. The van der Waals surface area contributed by atoms with Gasteiger partial charge >= 0.3 is 0 Å². The highest BCUT2D eigenvalue weighted by molar-refractivity contribution is 7.18. The molecular weight excluding hydrogens is 389 g/mol. The predicted molar refractivity (Wildman–Crippen MR) is 107 cm³/mol. The van der Waals surface area contributed by atoms with Crippen molar-refractivity contribution < 1.29 is 4.79 Å². The molecule has 0 spiro atoms. The second kappa shape index (κ2) is 7.53. The Morgan fingerprint density at radius 3 is 2.58 bits per heavy atom. The number of nitrogens with zero attached hydrogens (tertiary/aromatic N) is 3. The van der Waals surface area contributed by atoms with E-state index in [0.717, 1.165) is 30.2 Å². The Morgan fingerprint density at radius 1 is 1.04 bits per heavy atom. The molecule has 4 rings (SSSR count). The minimum atomic E-state index is -0.0582. The van der Waals surface area contributed by atoms with Crippen LogP contribution >= 0.6 is 34.5 Å². The van der Waals surface area contributed by atoms with Gasteiger partial charge in [0.05, 0.1) is 32.4 Å². The summed E-state index contributed by atoms with van der Waals surface area (Å²) in [6, 6.07) is 13.4. The summed E-state index contributed by atoms with van der Waals surface area (Å²) in [6.07, 6.45) is 0. The van der Waals surface area contributed by atoms with Crippen molar-refractivity contribution in [1.29, 1.82) is 0 Å². The van der Waals surface area contributed by atoms with Crippen LogP contribution in [0.1, 0.15) is 15.4 Å². The van der Waals surface area contributed by atoms with E-state index in [1.165, 1.54) is 4.70 Å². The molecule has 0 unspecified atom stereocenters. The number of carbonyl (C=O) groups is 1. The maximum atomic E-state index is 12.7. The van der Waals surface area contributed by atoms with Crippen LogP contribution in [0.4, 0.5) is 0 Å². The number of halogens is 2. The fourth-order valence-corrected chi connectivity index (χ4v) is 4.52. The fraction of sp³-hybridized carbons (Fsp3) is 0.263. The van der Waals surface area contributed by atoms with Crippen molar-refractivity contribution in [3.05, 3.63) is 63.1 Å². The number of hydrogen-bond acceptors (Lipinski definition) is 4. The van der Waals surface area contributed by atoms with E-state index < -0.39 is 0 Å². The lowest BCUT2D eigenvalue weighted by molar-refractivity contribution is 0.0628. The van der Waals surface area contributed by atoms with Crippen molar-refractivity contribution in [2.24, 2.45) is 0 Å². The Labute approximate surface area is 166 Å². The monoisotopic (exact) mass is 405 g/mol. The molecule has 4 nitrogen and oxygen atoms in total. The molecular formula is C19H17Cl2N3OS. The molecule has 1 fully saturated rings. The molecule has 1 saturated heterocycles. The summed E-state index contributed by atoms with van der Waals surface area (Å²) in [5.41, 5.74) is 1.52. The minimum absolute atomic E-state index is 0.0582. The summed E-state index contributed by atoms with van der Waals surface area (Å²) < 4.78 is 1.21. The van der Waals surface area contributed by atoms with E-state index in [2.05, 4.69) is 11.0 Å². The van der Waals surface area contributed by atoms with Crippen LogP contribution in [0, 0.1) is 0 Å². The van der Waals surface area contributed by atoms with Gasteiger partial charge in [-0.2, -0.15) is 0 Å². The summed E-state index contributed by atoms with van der Waals surface area (Å²) >= 11 is 13.9. The normalized spacial score (nSPS) is 15.5. The predicted octanol–water partition coefficient (Wildman–Crippen LogP) is 4.56. The number of fused-ring (bicyclic) bond motifs is 1. The van der Waals surface area contributed by atoms with Crippen molar-refractivity contribution in [3.8, 4) is 0 Å².